The molecule has 0 aromatic rings. The average Bonchev–Trinajstić information content (AvgIpc) is 2.31. The summed E-state index contributed by atoms with van der Waals surface area (Å²) in [5.74, 6) is 0.521. The topological polar surface area (TPSA) is 77.2 Å². The van der Waals surface area contributed by atoms with E-state index in [1.807, 2.05) is 0 Å². The second kappa shape index (κ2) is 8.64. The van der Waals surface area contributed by atoms with Crippen LogP contribution in [0.1, 0.15) is 52.9 Å². The maximum atomic E-state index is 11.6. The third kappa shape index (κ3) is 7.11. The Balaban J connectivity index is 3.99. The molecule has 18 heavy (non-hydrogen) atoms. The fourth-order valence-corrected chi connectivity index (χ4v) is 2.75. The standard InChI is InChI=1S/C13H27NO3S/c1-4-12(7-9-14)5-6-13(15)8-10-18(16,17)11(2)3/h11-12H,4-10,14H2,1-3H3. The molecule has 0 rings (SSSR count). The van der Waals surface area contributed by atoms with E-state index in [1.54, 1.807) is 13.8 Å². The molecule has 5 heteroatoms. The predicted octanol–water partition coefficient (Wildman–Crippen LogP) is 1.92. The summed E-state index contributed by atoms with van der Waals surface area (Å²) < 4.78 is 23.1. The van der Waals surface area contributed by atoms with E-state index in [4.69, 9.17) is 5.73 Å². The van der Waals surface area contributed by atoms with Gasteiger partial charge in [-0.3, -0.25) is 4.79 Å². The van der Waals surface area contributed by atoms with Crippen molar-refractivity contribution in [1.29, 1.82) is 0 Å². The van der Waals surface area contributed by atoms with Crippen LogP contribution in [-0.2, 0) is 14.6 Å². The summed E-state index contributed by atoms with van der Waals surface area (Å²) in [6.07, 6.45) is 3.42. The monoisotopic (exact) mass is 277 g/mol. The van der Waals surface area contributed by atoms with Crippen LogP contribution in [0.15, 0.2) is 0 Å². The first-order valence-corrected chi connectivity index (χ1v) is 8.48. The van der Waals surface area contributed by atoms with Gasteiger partial charge in [-0.2, -0.15) is 0 Å². The Morgan fingerprint density at radius 3 is 2.22 bits per heavy atom. The lowest BCUT2D eigenvalue weighted by atomic mass is 9.95. The highest BCUT2D eigenvalue weighted by Gasteiger charge is 2.18. The normalized spacial score (nSPS) is 13.8. The smallest absolute Gasteiger partial charge is 0.153 e. The number of nitrogens with two attached hydrogens (primary N) is 1. The summed E-state index contributed by atoms with van der Waals surface area (Å²) >= 11 is 0. The number of Topliss-reactive ketones (excluding diaryl/α,β-unsaturated/α-hetero) is 1. The zero-order valence-corrected chi connectivity index (χ0v) is 12.6. The van der Waals surface area contributed by atoms with E-state index in [0.717, 1.165) is 19.3 Å². The number of hydrogen-bond acceptors (Lipinski definition) is 4. The van der Waals surface area contributed by atoms with Gasteiger partial charge in [0.1, 0.15) is 5.78 Å². The first-order chi connectivity index (χ1) is 8.33. The quantitative estimate of drug-likeness (QED) is 0.662. The number of ketones is 1. The van der Waals surface area contributed by atoms with E-state index in [9.17, 15) is 13.2 Å². The van der Waals surface area contributed by atoms with E-state index in [1.165, 1.54) is 0 Å². The van der Waals surface area contributed by atoms with Crippen LogP contribution in [0, 0.1) is 5.92 Å². The minimum Gasteiger partial charge on any atom is -0.330 e. The van der Waals surface area contributed by atoms with Crippen molar-refractivity contribution in [3.63, 3.8) is 0 Å². The molecule has 0 radical (unpaired) electrons. The maximum Gasteiger partial charge on any atom is 0.153 e. The van der Waals surface area contributed by atoms with Crippen molar-refractivity contribution in [1.82, 2.24) is 0 Å². The summed E-state index contributed by atoms with van der Waals surface area (Å²) in [5.41, 5.74) is 5.50. The summed E-state index contributed by atoms with van der Waals surface area (Å²) in [5, 5.41) is -0.397. The summed E-state index contributed by atoms with van der Waals surface area (Å²) in [4.78, 5) is 11.6. The Kier molecular flexibility index (Phi) is 8.44. The van der Waals surface area contributed by atoms with Gasteiger partial charge in [0.15, 0.2) is 9.84 Å². The lowest BCUT2D eigenvalue weighted by molar-refractivity contribution is -0.119. The highest BCUT2D eigenvalue weighted by Crippen LogP contribution is 2.15. The largest absolute Gasteiger partial charge is 0.330 e. The van der Waals surface area contributed by atoms with E-state index in [0.29, 0.717) is 18.9 Å². The van der Waals surface area contributed by atoms with Gasteiger partial charge in [-0.25, -0.2) is 8.42 Å². The van der Waals surface area contributed by atoms with Crippen LogP contribution >= 0.6 is 0 Å². The fourth-order valence-electron chi connectivity index (χ4n) is 1.77. The molecular weight excluding hydrogens is 250 g/mol. The van der Waals surface area contributed by atoms with Crippen LogP contribution in [0.4, 0.5) is 0 Å². The van der Waals surface area contributed by atoms with Crippen LogP contribution in [0.5, 0.6) is 0 Å². The molecule has 108 valence electrons. The molecule has 0 aliphatic carbocycles. The van der Waals surface area contributed by atoms with Gasteiger partial charge < -0.3 is 5.73 Å². The van der Waals surface area contributed by atoms with Crippen molar-refractivity contribution >= 4 is 15.6 Å². The van der Waals surface area contributed by atoms with Gasteiger partial charge in [0.25, 0.3) is 0 Å². The molecule has 2 N–H and O–H groups in total. The van der Waals surface area contributed by atoms with Crippen molar-refractivity contribution in [2.24, 2.45) is 11.7 Å². The maximum absolute atomic E-state index is 11.6. The van der Waals surface area contributed by atoms with E-state index in [2.05, 4.69) is 6.92 Å². The fraction of sp³-hybridized carbons (Fsp3) is 0.923. The molecule has 1 unspecified atom stereocenters. The lowest BCUT2D eigenvalue weighted by Gasteiger charge is -2.13. The van der Waals surface area contributed by atoms with Gasteiger partial charge in [-0.15, -0.1) is 0 Å². The Bertz CT molecular complexity index is 336. The summed E-state index contributed by atoms with van der Waals surface area (Å²) in [7, 11) is -3.09. The average molecular weight is 277 g/mol. The third-order valence-electron chi connectivity index (χ3n) is 3.37. The number of sulfone groups is 1. The molecule has 0 aromatic carbocycles. The zero-order chi connectivity index (χ0) is 14.2. The van der Waals surface area contributed by atoms with Crippen LogP contribution in [0.25, 0.3) is 0 Å². The molecular formula is C13H27NO3S. The molecule has 0 saturated carbocycles. The molecule has 0 aliphatic heterocycles. The SMILES string of the molecule is CCC(CCN)CCC(=O)CCS(=O)(=O)C(C)C. The molecule has 0 aromatic heterocycles. The number of carbonyl (C=O) groups is 1. The highest BCUT2D eigenvalue weighted by atomic mass is 32.2. The Hall–Kier alpha value is -0.420. The van der Waals surface area contributed by atoms with Crippen LogP contribution < -0.4 is 5.73 Å². The molecule has 0 heterocycles. The van der Waals surface area contributed by atoms with E-state index in [-0.39, 0.29) is 18.0 Å². The molecule has 0 spiro atoms. The molecule has 4 nitrogen and oxygen atoms in total. The number of rotatable bonds is 10. The predicted molar refractivity (Wildman–Crippen MR) is 75.2 cm³/mol. The van der Waals surface area contributed by atoms with Crippen molar-refractivity contribution in [3.05, 3.63) is 0 Å². The number of carbonyl (C=O) groups excluding carboxylic acids is 1. The second-order valence-electron chi connectivity index (χ2n) is 5.09. The summed E-state index contributed by atoms with van der Waals surface area (Å²) in [6.45, 7) is 6.03. The van der Waals surface area contributed by atoms with Crippen LogP contribution in [0.2, 0.25) is 0 Å². The van der Waals surface area contributed by atoms with Crippen molar-refractivity contribution in [2.75, 3.05) is 12.3 Å². The van der Waals surface area contributed by atoms with Crippen LogP contribution in [0.3, 0.4) is 0 Å². The minimum atomic E-state index is -3.09. The molecule has 0 amide bonds. The first kappa shape index (κ1) is 17.6. The first-order valence-electron chi connectivity index (χ1n) is 6.76. The van der Waals surface area contributed by atoms with Crippen LogP contribution in [-0.4, -0.2) is 31.7 Å². The molecule has 0 saturated heterocycles. The Labute approximate surface area is 111 Å². The third-order valence-corrected chi connectivity index (χ3v) is 5.58. The lowest BCUT2D eigenvalue weighted by Crippen LogP contribution is -2.20. The Morgan fingerprint density at radius 1 is 1.17 bits per heavy atom. The Morgan fingerprint density at radius 2 is 1.78 bits per heavy atom. The summed E-state index contributed by atoms with van der Waals surface area (Å²) in [6, 6.07) is 0. The van der Waals surface area contributed by atoms with E-state index >= 15 is 0 Å². The minimum absolute atomic E-state index is 0.0167. The van der Waals surface area contributed by atoms with Crippen molar-refractivity contribution in [2.45, 2.75) is 58.1 Å². The molecule has 0 fully saturated rings. The van der Waals surface area contributed by atoms with E-state index < -0.39 is 15.1 Å². The molecule has 0 aliphatic rings. The highest BCUT2D eigenvalue weighted by molar-refractivity contribution is 7.91. The van der Waals surface area contributed by atoms with Gasteiger partial charge in [0.05, 0.1) is 11.0 Å². The van der Waals surface area contributed by atoms with Gasteiger partial charge in [0.2, 0.25) is 0 Å². The van der Waals surface area contributed by atoms with Crippen molar-refractivity contribution in [3.8, 4) is 0 Å². The van der Waals surface area contributed by atoms with Crippen molar-refractivity contribution < 1.29 is 13.2 Å². The van der Waals surface area contributed by atoms with Gasteiger partial charge in [-0.1, -0.05) is 13.3 Å². The molecule has 0 bridgehead atoms. The second-order valence-corrected chi connectivity index (χ2v) is 7.77. The van der Waals surface area contributed by atoms with Gasteiger partial charge >= 0.3 is 0 Å². The zero-order valence-electron chi connectivity index (χ0n) is 11.8. The van der Waals surface area contributed by atoms with Gasteiger partial charge in [-0.05, 0) is 39.2 Å². The number of hydrogen-bond donors (Lipinski definition) is 1. The van der Waals surface area contributed by atoms with Gasteiger partial charge in [0, 0.05) is 12.8 Å². The molecule has 1 atom stereocenters.